The first-order chi connectivity index (χ1) is 8.75. The Morgan fingerprint density at radius 2 is 1.72 bits per heavy atom. The zero-order chi connectivity index (χ0) is 12.5. The van der Waals surface area contributed by atoms with Gasteiger partial charge in [0.05, 0.1) is 5.56 Å². The number of carboxylic acids is 1. The van der Waals surface area contributed by atoms with Crippen LogP contribution in [0.1, 0.15) is 32.6 Å². The molecule has 0 aliphatic heterocycles. The Kier molecular flexibility index (Phi) is 2.49. The highest BCUT2D eigenvalue weighted by molar-refractivity contribution is 5.94. The Hall–Kier alpha value is -2.35. The van der Waals surface area contributed by atoms with Crippen LogP contribution in [-0.4, -0.2) is 11.1 Å². The van der Waals surface area contributed by atoms with Crippen molar-refractivity contribution in [2.24, 2.45) is 0 Å². The van der Waals surface area contributed by atoms with Crippen LogP contribution in [0.2, 0.25) is 0 Å². The fraction of sp³-hybridized carbons (Fsp3) is 0.0625. The van der Waals surface area contributed by atoms with Gasteiger partial charge in [-0.2, -0.15) is 0 Å². The zero-order valence-corrected chi connectivity index (χ0v) is 9.76. The summed E-state index contributed by atoms with van der Waals surface area (Å²) in [7, 11) is 0. The molecule has 0 radical (unpaired) electrons. The molecule has 18 heavy (non-hydrogen) atoms. The molecule has 0 amide bonds. The Labute approximate surface area is 105 Å². The molecule has 2 aromatic rings. The lowest BCUT2D eigenvalue weighted by Crippen LogP contribution is -2.02. The molecule has 1 aliphatic carbocycles. The summed E-state index contributed by atoms with van der Waals surface area (Å²) in [5.41, 5.74) is 4.65. The van der Waals surface area contributed by atoms with Crippen LogP contribution in [0.25, 0.3) is 12.2 Å². The Balaban J connectivity index is 2.20. The Bertz CT molecular complexity index is 654. The predicted molar refractivity (Wildman–Crippen MR) is 71.6 cm³/mol. The number of carboxylic acid groups (broad SMARTS) is 1. The van der Waals surface area contributed by atoms with Gasteiger partial charge in [0.2, 0.25) is 0 Å². The van der Waals surface area contributed by atoms with Gasteiger partial charge in [0.25, 0.3) is 0 Å². The number of carbonyl (C=O) groups is 1. The molecule has 88 valence electrons. The van der Waals surface area contributed by atoms with E-state index in [1.165, 1.54) is 5.56 Å². The van der Waals surface area contributed by atoms with E-state index in [0.717, 1.165) is 23.1 Å². The number of rotatable bonds is 1. The highest BCUT2D eigenvalue weighted by atomic mass is 16.4. The van der Waals surface area contributed by atoms with E-state index in [-0.39, 0.29) is 0 Å². The van der Waals surface area contributed by atoms with E-state index < -0.39 is 5.97 Å². The third kappa shape index (κ3) is 1.72. The van der Waals surface area contributed by atoms with E-state index in [2.05, 4.69) is 12.1 Å². The molecular weight excluding hydrogens is 224 g/mol. The van der Waals surface area contributed by atoms with E-state index in [1.54, 1.807) is 6.07 Å². The van der Waals surface area contributed by atoms with E-state index in [0.29, 0.717) is 5.56 Å². The normalized spacial score (nSPS) is 12.4. The van der Waals surface area contributed by atoms with Crippen LogP contribution < -0.4 is 0 Å². The number of hydrogen-bond donors (Lipinski definition) is 1. The van der Waals surface area contributed by atoms with Crippen molar-refractivity contribution in [3.8, 4) is 0 Å². The monoisotopic (exact) mass is 236 g/mol. The molecular formula is C16H12O2. The van der Waals surface area contributed by atoms with Gasteiger partial charge in [-0.1, -0.05) is 48.6 Å². The average molecular weight is 236 g/mol. The van der Waals surface area contributed by atoms with E-state index in [1.807, 2.05) is 36.4 Å². The van der Waals surface area contributed by atoms with Crippen LogP contribution in [-0.2, 0) is 6.42 Å². The van der Waals surface area contributed by atoms with Gasteiger partial charge in [-0.25, -0.2) is 4.79 Å². The molecule has 2 nitrogen and oxygen atoms in total. The van der Waals surface area contributed by atoms with Crippen LogP contribution >= 0.6 is 0 Å². The van der Waals surface area contributed by atoms with Crippen LogP contribution in [0.4, 0.5) is 0 Å². The first-order valence-corrected chi connectivity index (χ1v) is 5.87. The van der Waals surface area contributed by atoms with Crippen molar-refractivity contribution in [3.05, 3.63) is 70.3 Å². The molecule has 0 heterocycles. The quantitative estimate of drug-likeness (QED) is 0.702. The van der Waals surface area contributed by atoms with Gasteiger partial charge in [0, 0.05) is 0 Å². The largest absolute Gasteiger partial charge is 0.478 e. The van der Waals surface area contributed by atoms with Crippen LogP contribution in [0.15, 0.2) is 42.5 Å². The molecule has 0 unspecified atom stereocenters. The van der Waals surface area contributed by atoms with Gasteiger partial charge in [-0.05, 0) is 34.7 Å². The molecule has 2 heteroatoms. The van der Waals surface area contributed by atoms with Gasteiger partial charge >= 0.3 is 5.97 Å². The minimum absolute atomic E-state index is 0.372. The van der Waals surface area contributed by atoms with E-state index in [4.69, 9.17) is 0 Å². The molecule has 0 spiro atoms. The zero-order valence-electron chi connectivity index (χ0n) is 9.76. The van der Waals surface area contributed by atoms with Gasteiger partial charge in [0.1, 0.15) is 0 Å². The fourth-order valence-electron chi connectivity index (χ4n) is 2.39. The summed E-state index contributed by atoms with van der Waals surface area (Å²) in [6.45, 7) is 0. The topological polar surface area (TPSA) is 37.3 Å². The first kappa shape index (κ1) is 10.8. The third-order valence-corrected chi connectivity index (χ3v) is 3.29. The second-order valence-corrected chi connectivity index (χ2v) is 4.39. The maximum atomic E-state index is 11.2. The van der Waals surface area contributed by atoms with Gasteiger partial charge in [-0.15, -0.1) is 0 Å². The predicted octanol–water partition coefficient (Wildman–Crippen LogP) is 3.46. The summed E-state index contributed by atoms with van der Waals surface area (Å²) in [4.78, 5) is 11.2. The minimum atomic E-state index is -0.873. The molecule has 0 bridgehead atoms. The molecule has 1 N–H and O–H groups in total. The smallest absolute Gasteiger partial charge is 0.336 e. The summed E-state index contributed by atoms with van der Waals surface area (Å²) in [5.74, 6) is -0.873. The molecule has 0 aromatic heterocycles. The summed E-state index contributed by atoms with van der Waals surface area (Å²) >= 11 is 0. The van der Waals surface area contributed by atoms with Gasteiger partial charge in [-0.3, -0.25) is 0 Å². The lowest BCUT2D eigenvalue weighted by Gasteiger charge is -2.08. The highest BCUT2D eigenvalue weighted by Gasteiger charge is 2.15. The highest BCUT2D eigenvalue weighted by Crippen LogP contribution is 2.26. The number of aromatic carboxylic acids is 1. The van der Waals surface area contributed by atoms with E-state index >= 15 is 0 Å². The van der Waals surface area contributed by atoms with Crippen LogP contribution in [0.5, 0.6) is 0 Å². The van der Waals surface area contributed by atoms with Crippen molar-refractivity contribution >= 4 is 18.1 Å². The minimum Gasteiger partial charge on any atom is -0.478 e. The maximum absolute atomic E-state index is 11.2. The summed E-state index contributed by atoms with van der Waals surface area (Å²) in [6.07, 6.45) is 4.68. The van der Waals surface area contributed by atoms with Crippen molar-refractivity contribution < 1.29 is 9.90 Å². The molecule has 2 aromatic carbocycles. The average Bonchev–Trinajstić information content (AvgIpc) is 2.56. The molecule has 0 fully saturated rings. The van der Waals surface area contributed by atoms with Crippen molar-refractivity contribution in [2.45, 2.75) is 6.42 Å². The Morgan fingerprint density at radius 1 is 0.944 bits per heavy atom. The Morgan fingerprint density at radius 3 is 2.56 bits per heavy atom. The van der Waals surface area contributed by atoms with Crippen molar-refractivity contribution in [1.29, 1.82) is 0 Å². The fourth-order valence-corrected chi connectivity index (χ4v) is 2.39. The second kappa shape index (κ2) is 4.15. The molecule has 3 rings (SSSR count). The summed E-state index contributed by atoms with van der Waals surface area (Å²) < 4.78 is 0. The molecule has 1 aliphatic rings. The first-order valence-electron chi connectivity index (χ1n) is 5.87. The second-order valence-electron chi connectivity index (χ2n) is 4.39. The van der Waals surface area contributed by atoms with Crippen LogP contribution in [0, 0.1) is 0 Å². The van der Waals surface area contributed by atoms with Crippen molar-refractivity contribution in [2.75, 3.05) is 0 Å². The van der Waals surface area contributed by atoms with Crippen molar-refractivity contribution in [3.63, 3.8) is 0 Å². The van der Waals surface area contributed by atoms with E-state index in [9.17, 15) is 9.90 Å². The molecule has 0 saturated carbocycles. The summed E-state index contributed by atoms with van der Waals surface area (Å²) in [6, 6.07) is 13.6. The maximum Gasteiger partial charge on any atom is 0.336 e. The molecule has 0 atom stereocenters. The lowest BCUT2D eigenvalue weighted by molar-refractivity contribution is 0.0696. The summed E-state index contributed by atoms with van der Waals surface area (Å²) in [5, 5.41) is 9.22. The number of fused-ring (bicyclic) bond motifs is 2. The van der Waals surface area contributed by atoms with Crippen LogP contribution in [0.3, 0.4) is 0 Å². The third-order valence-electron chi connectivity index (χ3n) is 3.29. The SMILES string of the molecule is O=C(O)c1cccc2c1C=Cc1ccccc1C2. The standard InChI is InChI=1S/C16H12O2/c17-16(18)15-7-3-6-13-10-12-5-2-1-4-11(12)8-9-14(13)15/h1-9H,10H2,(H,17,18). The lowest BCUT2D eigenvalue weighted by atomic mass is 9.97. The van der Waals surface area contributed by atoms with Gasteiger partial charge in [0.15, 0.2) is 0 Å². The number of benzene rings is 2. The van der Waals surface area contributed by atoms with Gasteiger partial charge < -0.3 is 5.11 Å². The van der Waals surface area contributed by atoms with Crippen molar-refractivity contribution in [1.82, 2.24) is 0 Å². The molecule has 0 saturated heterocycles. The number of hydrogen-bond acceptors (Lipinski definition) is 1.